The Kier molecular flexibility index (Phi) is 5.34. The molecule has 0 unspecified atom stereocenters. The molecule has 6 heteroatoms. The summed E-state index contributed by atoms with van der Waals surface area (Å²) in [5.74, 6) is 0.342. The number of ether oxygens (including phenoxy) is 1. The number of Topliss-reactive ketones (excluding diaryl/α,β-unsaturated/α-hetero) is 1. The molecular formula is C12H15BrO4S. The zero-order valence-corrected chi connectivity index (χ0v) is 12.7. The third-order valence-corrected chi connectivity index (χ3v) is 4.57. The van der Waals surface area contributed by atoms with Gasteiger partial charge in [0.05, 0.1) is 11.3 Å². The van der Waals surface area contributed by atoms with Gasteiger partial charge in [0.25, 0.3) is 0 Å². The van der Waals surface area contributed by atoms with Crippen molar-refractivity contribution in [2.45, 2.75) is 13.8 Å². The van der Waals surface area contributed by atoms with Crippen LogP contribution in [0.5, 0.6) is 5.75 Å². The molecule has 0 bridgehead atoms. The Morgan fingerprint density at radius 3 is 2.61 bits per heavy atom. The van der Waals surface area contributed by atoms with E-state index in [-0.39, 0.29) is 23.9 Å². The maximum atomic E-state index is 11.4. The Morgan fingerprint density at radius 2 is 2.06 bits per heavy atom. The molecule has 4 nitrogen and oxygen atoms in total. The number of carbonyl (C=O) groups excluding carboxylic acids is 1. The summed E-state index contributed by atoms with van der Waals surface area (Å²) in [6, 6.07) is 5.06. The van der Waals surface area contributed by atoms with E-state index in [0.717, 1.165) is 4.47 Å². The van der Waals surface area contributed by atoms with Crippen LogP contribution in [0.4, 0.5) is 0 Å². The summed E-state index contributed by atoms with van der Waals surface area (Å²) >= 11 is 3.27. The molecule has 1 aromatic carbocycles. The minimum atomic E-state index is -3.05. The fourth-order valence-electron chi connectivity index (χ4n) is 1.33. The number of hydrogen-bond donors (Lipinski definition) is 0. The predicted molar refractivity (Wildman–Crippen MR) is 74.0 cm³/mol. The molecule has 0 radical (unpaired) electrons. The number of ketones is 1. The number of rotatable bonds is 6. The lowest BCUT2D eigenvalue weighted by Crippen LogP contribution is -2.16. The van der Waals surface area contributed by atoms with Crippen LogP contribution in [0.3, 0.4) is 0 Å². The van der Waals surface area contributed by atoms with E-state index in [1.807, 2.05) is 0 Å². The van der Waals surface area contributed by atoms with Crippen LogP contribution in [-0.4, -0.2) is 32.3 Å². The Morgan fingerprint density at radius 1 is 1.39 bits per heavy atom. The first-order valence-electron chi connectivity index (χ1n) is 5.49. The van der Waals surface area contributed by atoms with E-state index < -0.39 is 9.84 Å². The molecule has 0 aliphatic heterocycles. The predicted octanol–water partition coefficient (Wildman–Crippen LogP) is 2.47. The summed E-state index contributed by atoms with van der Waals surface area (Å²) in [5, 5.41) is 0. The van der Waals surface area contributed by atoms with Gasteiger partial charge in [0.2, 0.25) is 0 Å². The van der Waals surface area contributed by atoms with Gasteiger partial charge in [-0.3, -0.25) is 4.79 Å². The summed E-state index contributed by atoms with van der Waals surface area (Å²) in [6.45, 7) is 3.09. The van der Waals surface area contributed by atoms with Gasteiger partial charge in [0.15, 0.2) is 15.6 Å². The molecule has 0 spiro atoms. The largest absolute Gasteiger partial charge is 0.492 e. The van der Waals surface area contributed by atoms with Gasteiger partial charge in [-0.2, -0.15) is 0 Å². The summed E-state index contributed by atoms with van der Waals surface area (Å²) < 4.78 is 28.8. The smallest absolute Gasteiger partial charge is 0.163 e. The molecule has 0 aliphatic carbocycles. The maximum absolute atomic E-state index is 11.4. The standard InChI is InChI=1S/C12H15BrO4S/c1-3-18(15,16)7-6-17-12-5-4-10(13)8-11(12)9(2)14/h4-5,8H,3,6-7H2,1-2H3. The van der Waals surface area contributed by atoms with Crippen LogP contribution in [0, 0.1) is 0 Å². The molecular weight excluding hydrogens is 320 g/mol. The average Bonchev–Trinajstić information content (AvgIpc) is 2.30. The highest BCUT2D eigenvalue weighted by atomic mass is 79.9. The first-order chi connectivity index (χ1) is 8.35. The molecule has 0 fully saturated rings. The van der Waals surface area contributed by atoms with Crippen molar-refractivity contribution in [3.8, 4) is 5.75 Å². The lowest BCUT2D eigenvalue weighted by molar-refractivity contribution is 0.101. The van der Waals surface area contributed by atoms with E-state index >= 15 is 0 Å². The van der Waals surface area contributed by atoms with Crippen molar-refractivity contribution < 1.29 is 17.9 Å². The van der Waals surface area contributed by atoms with Gasteiger partial charge in [-0.25, -0.2) is 8.42 Å². The summed E-state index contributed by atoms with van der Waals surface area (Å²) in [7, 11) is -3.05. The van der Waals surface area contributed by atoms with Crippen molar-refractivity contribution >= 4 is 31.6 Å². The van der Waals surface area contributed by atoms with E-state index in [1.165, 1.54) is 6.92 Å². The van der Waals surface area contributed by atoms with E-state index in [0.29, 0.717) is 11.3 Å². The second-order valence-corrected chi connectivity index (χ2v) is 7.17. The monoisotopic (exact) mass is 334 g/mol. The van der Waals surface area contributed by atoms with Gasteiger partial charge in [0, 0.05) is 10.2 Å². The highest BCUT2D eigenvalue weighted by Gasteiger charge is 2.11. The minimum Gasteiger partial charge on any atom is -0.492 e. The first kappa shape index (κ1) is 15.2. The van der Waals surface area contributed by atoms with Crippen molar-refractivity contribution in [3.63, 3.8) is 0 Å². The van der Waals surface area contributed by atoms with Crippen molar-refractivity contribution in [1.82, 2.24) is 0 Å². The molecule has 18 heavy (non-hydrogen) atoms. The molecule has 0 N–H and O–H groups in total. The maximum Gasteiger partial charge on any atom is 0.163 e. The van der Waals surface area contributed by atoms with E-state index in [4.69, 9.17) is 4.74 Å². The average molecular weight is 335 g/mol. The van der Waals surface area contributed by atoms with Gasteiger partial charge >= 0.3 is 0 Å². The molecule has 0 aromatic heterocycles. The molecule has 100 valence electrons. The molecule has 0 heterocycles. The van der Waals surface area contributed by atoms with Gasteiger partial charge in [-0.1, -0.05) is 22.9 Å². The van der Waals surface area contributed by atoms with Crippen molar-refractivity contribution in [2.24, 2.45) is 0 Å². The number of carbonyl (C=O) groups is 1. The third-order valence-electron chi connectivity index (χ3n) is 2.41. The Bertz CT molecular complexity index is 537. The van der Waals surface area contributed by atoms with Gasteiger partial charge in [0.1, 0.15) is 12.4 Å². The summed E-state index contributed by atoms with van der Waals surface area (Å²) in [4.78, 5) is 11.4. The molecule has 0 aliphatic rings. The van der Waals surface area contributed by atoms with Crippen LogP contribution in [0.15, 0.2) is 22.7 Å². The van der Waals surface area contributed by atoms with Crippen LogP contribution >= 0.6 is 15.9 Å². The highest BCUT2D eigenvalue weighted by molar-refractivity contribution is 9.10. The molecule has 0 atom stereocenters. The molecule has 0 saturated heterocycles. The zero-order chi connectivity index (χ0) is 13.8. The van der Waals surface area contributed by atoms with Gasteiger partial charge in [-0.15, -0.1) is 0 Å². The number of benzene rings is 1. The Balaban J connectivity index is 2.77. The van der Waals surface area contributed by atoms with Crippen LogP contribution < -0.4 is 4.74 Å². The van der Waals surface area contributed by atoms with Gasteiger partial charge in [-0.05, 0) is 25.1 Å². The molecule has 0 saturated carbocycles. The van der Waals surface area contributed by atoms with Crippen LogP contribution in [-0.2, 0) is 9.84 Å². The van der Waals surface area contributed by atoms with Crippen molar-refractivity contribution in [3.05, 3.63) is 28.2 Å². The Hall–Kier alpha value is -0.880. The fourth-order valence-corrected chi connectivity index (χ4v) is 2.31. The second-order valence-electron chi connectivity index (χ2n) is 3.78. The van der Waals surface area contributed by atoms with Crippen LogP contribution in [0.2, 0.25) is 0 Å². The highest BCUT2D eigenvalue weighted by Crippen LogP contribution is 2.23. The SMILES string of the molecule is CCS(=O)(=O)CCOc1ccc(Br)cc1C(C)=O. The summed E-state index contributed by atoms with van der Waals surface area (Å²) in [6.07, 6.45) is 0. The van der Waals surface area contributed by atoms with Crippen LogP contribution in [0.1, 0.15) is 24.2 Å². The van der Waals surface area contributed by atoms with Crippen molar-refractivity contribution in [2.75, 3.05) is 18.1 Å². The lowest BCUT2D eigenvalue weighted by atomic mass is 10.1. The molecule has 1 aromatic rings. The van der Waals surface area contributed by atoms with Crippen LogP contribution in [0.25, 0.3) is 0 Å². The first-order valence-corrected chi connectivity index (χ1v) is 8.11. The zero-order valence-electron chi connectivity index (χ0n) is 10.3. The minimum absolute atomic E-state index is 0.0447. The molecule has 0 amide bonds. The topological polar surface area (TPSA) is 60.4 Å². The quantitative estimate of drug-likeness (QED) is 0.750. The van der Waals surface area contributed by atoms with Gasteiger partial charge < -0.3 is 4.74 Å². The number of halogens is 1. The fraction of sp³-hybridized carbons (Fsp3) is 0.417. The van der Waals surface area contributed by atoms with Crippen molar-refractivity contribution in [1.29, 1.82) is 0 Å². The van der Waals surface area contributed by atoms with E-state index in [2.05, 4.69) is 15.9 Å². The number of sulfone groups is 1. The number of hydrogen-bond acceptors (Lipinski definition) is 4. The summed E-state index contributed by atoms with van der Waals surface area (Å²) in [5.41, 5.74) is 0.443. The second kappa shape index (κ2) is 6.33. The molecule has 1 rings (SSSR count). The normalized spacial score (nSPS) is 11.3. The lowest BCUT2D eigenvalue weighted by Gasteiger charge is -2.10. The Labute approximate surface area is 115 Å². The van der Waals surface area contributed by atoms with E-state index in [9.17, 15) is 13.2 Å². The third kappa shape index (κ3) is 4.42. The van der Waals surface area contributed by atoms with E-state index in [1.54, 1.807) is 25.1 Å².